The molecule has 0 spiro atoms. The second-order valence-electron chi connectivity index (χ2n) is 7.23. The number of nitrogens with one attached hydrogen (secondary N) is 1. The van der Waals surface area contributed by atoms with Crippen LogP contribution in [0, 0.1) is 0 Å². The maximum atomic E-state index is 12.9. The fourth-order valence-electron chi connectivity index (χ4n) is 3.42. The summed E-state index contributed by atoms with van der Waals surface area (Å²) in [5.41, 5.74) is 1.48. The molecule has 4 rings (SSSR count). The van der Waals surface area contributed by atoms with E-state index in [2.05, 4.69) is 5.32 Å². The Morgan fingerprint density at radius 1 is 1.00 bits per heavy atom. The highest BCUT2D eigenvalue weighted by atomic mass is 32.2. The van der Waals surface area contributed by atoms with Crippen molar-refractivity contribution in [1.29, 1.82) is 0 Å². The number of urea groups is 1. The molecule has 1 unspecified atom stereocenters. The van der Waals surface area contributed by atoms with Crippen LogP contribution in [0.4, 0.5) is 23.7 Å². The molecule has 1 heterocycles. The van der Waals surface area contributed by atoms with Gasteiger partial charge in [-0.2, -0.15) is 13.2 Å². The number of carbonyl (C=O) groups excluding carboxylic acids is 1. The van der Waals surface area contributed by atoms with E-state index >= 15 is 0 Å². The summed E-state index contributed by atoms with van der Waals surface area (Å²) < 4.78 is 44.3. The molecule has 1 N–H and O–H groups in total. The van der Waals surface area contributed by atoms with Crippen molar-refractivity contribution in [2.24, 2.45) is 0 Å². The van der Waals surface area contributed by atoms with E-state index in [0.29, 0.717) is 24.6 Å². The number of para-hydroxylation sites is 1. The first-order valence-corrected chi connectivity index (χ1v) is 11.1. The molecule has 1 aliphatic heterocycles. The Hall–Kier alpha value is -3.13. The number of ether oxygens (including phenoxy) is 1. The van der Waals surface area contributed by atoms with Gasteiger partial charge in [0, 0.05) is 23.5 Å². The zero-order valence-electron chi connectivity index (χ0n) is 17.0. The lowest BCUT2D eigenvalue weighted by Crippen LogP contribution is -2.34. The van der Waals surface area contributed by atoms with Crippen LogP contribution in [0.15, 0.2) is 78.9 Å². The smallest absolute Gasteiger partial charge is 0.416 e. The highest BCUT2D eigenvalue weighted by Gasteiger charge is 2.33. The fourth-order valence-corrected chi connectivity index (χ4v) is 4.71. The van der Waals surface area contributed by atoms with Crippen LogP contribution in [-0.4, -0.2) is 23.2 Å². The average Bonchev–Trinajstić information content (AvgIpc) is 3.28. The third-order valence-corrected chi connectivity index (χ3v) is 6.28. The Labute approximate surface area is 188 Å². The topological polar surface area (TPSA) is 41.6 Å². The lowest BCUT2D eigenvalue weighted by Gasteiger charge is -2.26. The van der Waals surface area contributed by atoms with Gasteiger partial charge in [0.15, 0.2) is 0 Å². The number of hydrogen-bond acceptors (Lipinski definition) is 3. The van der Waals surface area contributed by atoms with Crippen LogP contribution < -0.4 is 10.1 Å². The lowest BCUT2D eigenvalue weighted by molar-refractivity contribution is -0.137. The lowest BCUT2D eigenvalue weighted by atomic mass is 10.1. The van der Waals surface area contributed by atoms with Gasteiger partial charge in [-0.25, -0.2) is 4.79 Å². The number of benzene rings is 3. The number of rotatable bonds is 5. The van der Waals surface area contributed by atoms with E-state index in [1.807, 2.05) is 54.6 Å². The van der Waals surface area contributed by atoms with Gasteiger partial charge in [0.25, 0.3) is 0 Å². The molecule has 2 amide bonds. The van der Waals surface area contributed by atoms with Crippen molar-refractivity contribution >= 4 is 23.5 Å². The third-order valence-electron chi connectivity index (χ3n) is 5.04. The van der Waals surface area contributed by atoms with Crippen LogP contribution in [0.5, 0.6) is 5.75 Å². The molecule has 4 nitrogen and oxygen atoms in total. The number of halogens is 3. The fraction of sp³-hybridized carbons (Fsp3) is 0.208. The minimum absolute atomic E-state index is 0.253. The maximum Gasteiger partial charge on any atom is 0.416 e. The summed E-state index contributed by atoms with van der Waals surface area (Å²) in [7, 11) is 0. The monoisotopic (exact) mass is 458 g/mol. The number of hydrogen-bond donors (Lipinski definition) is 1. The predicted octanol–water partition coefficient (Wildman–Crippen LogP) is 6.56. The molecule has 0 aromatic heterocycles. The standard InChI is InChI=1S/C24H21F3N2O2S/c25-24(26,27)18-10-12-19(13-11-18)28-23(30)29-14-15-32-22(29)20-8-4-5-9-21(20)31-16-17-6-2-1-3-7-17/h1-13,22H,14-16H2,(H,28,30). The van der Waals surface area contributed by atoms with Gasteiger partial charge in [-0.1, -0.05) is 48.5 Å². The SMILES string of the molecule is O=C(Nc1ccc(C(F)(F)F)cc1)N1CCSC1c1ccccc1OCc1ccccc1. The van der Waals surface area contributed by atoms with Crippen LogP contribution >= 0.6 is 11.8 Å². The van der Waals surface area contributed by atoms with Crippen molar-refractivity contribution in [3.63, 3.8) is 0 Å². The minimum atomic E-state index is -4.41. The van der Waals surface area contributed by atoms with Crippen LogP contribution in [0.2, 0.25) is 0 Å². The molecule has 8 heteroatoms. The van der Waals surface area contributed by atoms with Crippen molar-refractivity contribution < 1.29 is 22.7 Å². The molecule has 1 saturated heterocycles. The van der Waals surface area contributed by atoms with Crippen molar-refractivity contribution in [3.8, 4) is 5.75 Å². The summed E-state index contributed by atoms with van der Waals surface area (Å²) >= 11 is 1.62. The minimum Gasteiger partial charge on any atom is -0.489 e. The Balaban J connectivity index is 1.47. The Bertz CT molecular complexity index is 1060. The molecule has 166 valence electrons. The highest BCUT2D eigenvalue weighted by Crippen LogP contribution is 2.42. The first kappa shape index (κ1) is 22.1. The van der Waals surface area contributed by atoms with E-state index in [4.69, 9.17) is 4.74 Å². The summed E-state index contributed by atoms with van der Waals surface area (Å²) in [5.74, 6) is 1.45. The van der Waals surface area contributed by atoms with Crippen molar-refractivity contribution in [2.75, 3.05) is 17.6 Å². The molecule has 32 heavy (non-hydrogen) atoms. The van der Waals surface area contributed by atoms with Gasteiger partial charge in [-0.15, -0.1) is 11.8 Å². The van der Waals surface area contributed by atoms with Crippen LogP contribution in [0.1, 0.15) is 22.1 Å². The highest BCUT2D eigenvalue weighted by molar-refractivity contribution is 7.99. The third kappa shape index (κ3) is 5.19. The van der Waals surface area contributed by atoms with Crippen LogP contribution in [0.25, 0.3) is 0 Å². The van der Waals surface area contributed by atoms with E-state index in [1.165, 1.54) is 12.1 Å². The molecule has 0 bridgehead atoms. The Morgan fingerprint density at radius 2 is 1.69 bits per heavy atom. The van der Waals surface area contributed by atoms with Crippen LogP contribution in [0.3, 0.4) is 0 Å². The predicted molar refractivity (Wildman–Crippen MR) is 120 cm³/mol. The van der Waals surface area contributed by atoms with Gasteiger partial charge in [-0.3, -0.25) is 0 Å². The van der Waals surface area contributed by atoms with Gasteiger partial charge in [0.05, 0.1) is 5.56 Å². The molecule has 0 saturated carbocycles. The first-order valence-electron chi connectivity index (χ1n) is 10.0. The van der Waals surface area contributed by atoms with E-state index in [-0.39, 0.29) is 11.4 Å². The number of nitrogens with zero attached hydrogens (tertiary/aromatic N) is 1. The molecule has 1 aliphatic rings. The molecule has 0 radical (unpaired) electrons. The van der Waals surface area contributed by atoms with E-state index in [0.717, 1.165) is 29.0 Å². The van der Waals surface area contributed by atoms with Gasteiger partial charge in [-0.05, 0) is 35.9 Å². The maximum absolute atomic E-state index is 12.9. The largest absolute Gasteiger partial charge is 0.489 e. The number of anilines is 1. The summed E-state index contributed by atoms with van der Waals surface area (Å²) in [6, 6.07) is 21.5. The second kappa shape index (κ2) is 9.56. The Morgan fingerprint density at radius 3 is 2.41 bits per heavy atom. The molecule has 0 aliphatic carbocycles. The van der Waals surface area contributed by atoms with Gasteiger partial charge in [0.1, 0.15) is 17.7 Å². The average molecular weight is 459 g/mol. The number of alkyl halides is 3. The summed E-state index contributed by atoms with van der Waals surface area (Å²) in [5, 5.41) is 2.45. The van der Waals surface area contributed by atoms with E-state index in [1.54, 1.807) is 16.7 Å². The first-order chi connectivity index (χ1) is 15.4. The molecule has 3 aromatic rings. The second-order valence-corrected chi connectivity index (χ2v) is 8.42. The van der Waals surface area contributed by atoms with E-state index < -0.39 is 11.7 Å². The quantitative estimate of drug-likeness (QED) is 0.471. The number of carbonyl (C=O) groups is 1. The molecular formula is C24H21F3N2O2S. The number of amides is 2. The van der Waals surface area contributed by atoms with Crippen LogP contribution in [-0.2, 0) is 12.8 Å². The molecule has 3 aromatic carbocycles. The molecular weight excluding hydrogens is 437 g/mol. The summed E-state index contributed by atoms with van der Waals surface area (Å²) in [6.45, 7) is 0.932. The molecule has 1 atom stereocenters. The zero-order chi connectivity index (χ0) is 22.6. The van der Waals surface area contributed by atoms with Crippen molar-refractivity contribution in [1.82, 2.24) is 4.90 Å². The zero-order valence-corrected chi connectivity index (χ0v) is 17.8. The van der Waals surface area contributed by atoms with Gasteiger partial charge in [0.2, 0.25) is 0 Å². The summed E-state index contributed by atoms with van der Waals surface area (Å²) in [6.07, 6.45) is -4.41. The number of thioether (sulfide) groups is 1. The van der Waals surface area contributed by atoms with E-state index in [9.17, 15) is 18.0 Å². The Kier molecular flexibility index (Phi) is 6.60. The van der Waals surface area contributed by atoms with Gasteiger partial charge < -0.3 is 15.0 Å². The van der Waals surface area contributed by atoms with Crippen molar-refractivity contribution in [2.45, 2.75) is 18.2 Å². The van der Waals surface area contributed by atoms with Gasteiger partial charge >= 0.3 is 12.2 Å². The summed E-state index contributed by atoms with van der Waals surface area (Å²) in [4.78, 5) is 14.6. The molecule has 1 fully saturated rings. The van der Waals surface area contributed by atoms with Crippen molar-refractivity contribution in [3.05, 3.63) is 95.6 Å². The normalized spacial score (nSPS) is 16.1.